The number of alkyl halides is 3. The molecule has 0 spiro atoms. The van der Waals surface area contributed by atoms with Gasteiger partial charge in [-0.15, -0.1) is 0 Å². The second-order valence-electron chi connectivity index (χ2n) is 9.58. The molecule has 0 unspecified atom stereocenters. The number of aromatic nitrogens is 2. The van der Waals surface area contributed by atoms with Crippen LogP contribution in [0, 0.1) is 5.92 Å². The largest absolute Gasteiger partial charge is 0.449 e. The number of piperazine rings is 1. The molecule has 2 aromatic rings. The molecule has 7 nitrogen and oxygen atoms in total. The van der Waals surface area contributed by atoms with E-state index in [0.29, 0.717) is 50.1 Å². The summed E-state index contributed by atoms with van der Waals surface area (Å²) in [5.41, 5.74) is -0.383. The zero-order chi connectivity index (χ0) is 27.5. The number of likely N-dealkylation sites (tertiary alicyclic amines) is 1. The highest BCUT2D eigenvalue weighted by Crippen LogP contribution is 2.28. The number of carbonyl (C=O) groups excluding carboxylic acids is 1. The van der Waals surface area contributed by atoms with Crippen molar-refractivity contribution in [3.63, 3.8) is 0 Å². The van der Waals surface area contributed by atoms with Crippen LogP contribution in [0.2, 0.25) is 0 Å². The molecular formula is C26H34F3N5O2. The molecule has 4 rings (SSSR count). The van der Waals surface area contributed by atoms with Crippen molar-refractivity contribution in [3.05, 3.63) is 54.0 Å². The second kappa shape index (κ2) is 11.5. The Morgan fingerprint density at radius 2 is 1.75 bits per heavy atom. The van der Waals surface area contributed by atoms with E-state index in [0.717, 1.165) is 31.7 Å². The van der Waals surface area contributed by atoms with Crippen LogP contribution in [0.5, 0.6) is 0 Å². The monoisotopic (exact) mass is 507 g/mol. The second-order valence-corrected chi connectivity index (χ2v) is 9.58. The number of hydrogen-bond donors (Lipinski definition) is 0. The van der Waals surface area contributed by atoms with Gasteiger partial charge in [0.1, 0.15) is 5.82 Å². The smallest absolute Gasteiger partial charge is 0.434 e. The maximum Gasteiger partial charge on any atom is 0.434 e. The van der Waals surface area contributed by atoms with Crippen LogP contribution in [0.4, 0.5) is 23.8 Å². The number of nitrogens with zero attached hydrogens (tertiary/aromatic N) is 5. The van der Waals surface area contributed by atoms with Gasteiger partial charge >= 0.3 is 12.3 Å². The number of hydrogen-bond acceptors (Lipinski definition) is 6. The SMILES string of the molecule is [2H]C([2H])(c1ccccc1)N1CCC(CCOC(=O)N2[C@H](C)CN(c3cnc(C(F)(F)F)cn3)C[C@H]2C)CC1. The van der Waals surface area contributed by atoms with Crippen LogP contribution in [-0.2, 0) is 17.4 Å². The van der Waals surface area contributed by atoms with Gasteiger partial charge in [0.25, 0.3) is 0 Å². The highest BCUT2D eigenvalue weighted by molar-refractivity contribution is 5.69. The van der Waals surface area contributed by atoms with Crippen LogP contribution in [0.15, 0.2) is 42.7 Å². The third kappa shape index (κ3) is 6.66. The summed E-state index contributed by atoms with van der Waals surface area (Å²) in [7, 11) is 0. The number of amides is 1. The van der Waals surface area contributed by atoms with Crippen LogP contribution in [0.1, 0.15) is 47.1 Å². The summed E-state index contributed by atoms with van der Waals surface area (Å²) in [5.74, 6) is 0.697. The third-order valence-corrected chi connectivity index (χ3v) is 6.81. The zero-order valence-electron chi connectivity index (χ0n) is 22.6. The molecule has 2 fully saturated rings. The van der Waals surface area contributed by atoms with E-state index in [4.69, 9.17) is 7.48 Å². The average Bonchev–Trinajstić information content (AvgIpc) is 2.88. The lowest BCUT2D eigenvalue weighted by atomic mass is 9.93. The van der Waals surface area contributed by atoms with Crippen molar-refractivity contribution < 1.29 is 25.4 Å². The van der Waals surface area contributed by atoms with E-state index in [2.05, 4.69) is 9.97 Å². The molecule has 0 aliphatic carbocycles. The third-order valence-electron chi connectivity index (χ3n) is 6.81. The van der Waals surface area contributed by atoms with E-state index in [1.807, 2.05) is 54.0 Å². The maximum absolute atomic E-state index is 12.9. The molecule has 10 heteroatoms. The molecule has 2 saturated heterocycles. The molecule has 196 valence electrons. The molecule has 0 radical (unpaired) electrons. The first-order chi connectivity index (χ1) is 18.0. The molecule has 1 aromatic heterocycles. The Labute approximate surface area is 213 Å². The van der Waals surface area contributed by atoms with Gasteiger partial charge in [-0.25, -0.2) is 14.8 Å². The molecule has 3 heterocycles. The van der Waals surface area contributed by atoms with E-state index >= 15 is 0 Å². The van der Waals surface area contributed by atoms with Gasteiger partial charge in [-0.3, -0.25) is 9.80 Å². The summed E-state index contributed by atoms with van der Waals surface area (Å²) < 4.78 is 61.0. The van der Waals surface area contributed by atoms with E-state index in [-0.39, 0.29) is 12.1 Å². The van der Waals surface area contributed by atoms with Crippen LogP contribution in [0.3, 0.4) is 0 Å². The van der Waals surface area contributed by atoms with Gasteiger partial charge in [0.05, 0.1) is 31.1 Å². The van der Waals surface area contributed by atoms with Crippen LogP contribution in [0.25, 0.3) is 0 Å². The Bertz CT molecular complexity index is 1050. The van der Waals surface area contributed by atoms with Gasteiger partial charge < -0.3 is 9.64 Å². The van der Waals surface area contributed by atoms with Crippen molar-refractivity contribution in [1.29, 1.82) is 0 Å². The molecule has 0 saturated carbocycles. The van der Waals surface area contributed by atoms with E-state index < -0.39 is 24.5 Å². The first-order valence-corrected chi connectivity index (χ1v) is 12.4. The number of halogens is 3. The topological polar surface area (TPSA) is 61.8 Å². The van der Waals surface area contributed by atoms with E-state index in [9.17, 15) is 18.0 Å². The van der Waals surface area contributed by atoms with Crippen molar-refractivity contribution in [2.24, 2.45) is 5.92 Å². The normalized spacial score (nSPS) is 23.2. The van der Waals surface area contributed by atoms with E-state index in [1.54, 1.807) is 4.90 Å². The Morgan fingerprint density at radius 3 is 2.33 bits per heavy atom. The van der Waals surface area contributed by atoms with Crippen molar-refractivity contribution >= 4 is 11.9 Å². The van der Waals surface area contributed by atoms with Crippen LogP contribution >= 0.6 is 0 Å². The van der Waals surface area contributed by atoms with Crippen LogP contribution in [-0.4, -0.2) is 70.7 Å². The van der Waals surface area contributed by atoms with Crippen molar-refractivity contribution in [1.82, 2.24) is 19.8 Å². The fraction of sp³-hybridized carbons (Fsp3) is 0.577. The van der Waals surface area contributed by atoms with Crippen molar-refractivity contribution in [3.8, 4) is 0 Å². The quantitative estimate of drug-likeness (QED) is 0.558. The lowest BCUT2D eigenvalue weighted by Gasteiger charge is -2.44. The average molecular weight is 508 g/mol. The minimum atomic E-state index is -4.54. The summed E-state index contributed by atoms with van der Waals surface area (Å²) in [6.45, 7) is 4.61. The van der Waals surface area contributed by atoms with Crippen LogP contribution < -0.4 is 4.90 Å². The molecule has 0 bridgehead atoms. The Hall–Kier alpha value is -2.88. The predicted octanol–water partition coefficient (Wildman–Crippen LogP) is 4.83. The van der Waals surface area contributed by atoms with Crippen molar-refractivity contribution in [2.45, 2.75) is 57.9 Å². The molecule has 2 atom stereocenters. The molecule has 36 heavy (non-hydrogen) atoms. The fourth-order valence-corrected chi connectivity index (χ4v) is 4.92. The van der Waals surface area contributed by atoms with Gasteiger partial charge in [-0.1, -0.05) is 30.3 Å². The minimum absolute atomic E-state index is 0.223. The number of piperidine rings is 1. The predicted molar refractivity (Wildman–Crippen MR) is 130 cm³/mol. The first-order valence-electron chi connectivity index (χ1n) is 13.4. The van der Waals surface area contributed by atoms with Gasteiger partial charge in [0.15, 0.2) is 5.69 Å². The summed E-state index contributed by atoms with van der Waals surface area (Å²) in [4.78, 5) is 25.7. The summed E-state index contributed by atoms with van der Waals surface area (Å²) >= 11 is 0. The Balaban J connectivity index is 1.22. The van der Waals surface area contributed by atoms with Crippen molar-refractivity contribution in [2.75, 3.05) is 37.7 Å². The lowest BCUT2D eigenvalue weighted by molar-refractivity contribution is -0.141. The van der Waals surface area contributed by atoms with Gasteiger partial charge in [-0.2, -0.15) is 13.2 Å². The fourth-order valence-electron chi connectivity index (χ4n) is 4.92. The minimum Gasteiger partial charge on any atom is -0.449 e. The molecule has 2 aliphatic rings. The number of benzene rings is 1. The highest BCUT2D eigenvalue weighted by Gasteiger charge is 2.36. The van der Waals surface area contributed by atoms with E-state index in [1.165, 1.54) is 0 Å². The summed E-state index contributed by atoms with van der Waals surface area (Å²) in [6.07, 6.45) is -0.703. The van der Waals surface area contributed by atoms with Gasteiger partial charge in [0, 0.05) is 22.3 Å². The number of ether oxygens (including phenoxy) is 1. The molecule has 1 aromatic carbocycles. The molecule has 1 amide bonds. The number of rotatable bonds is 6. The number of anilines is 1. The summed E-state index contributed by atoms with van der Waals surface area (Å²) in [6, 6.07) is 8.74. The maximum atomic E-state index is 12.9. The lowest BCUT2D eigenvalue weighted by Crippen LogP contribution is -2.59. The number of carbonyl (C=O) groups is 1. The Morgan fingerprint density at radius 1 is 1.08 bits per heavy atom. The molecule has 2 aliphatic heterocycles. The standard InChI is InChI=1S/C26H34F3N5O2/c1-19-16-33(24-15-30-23(14-31-24)26(27,28)29)17-20(2)34(19)25(35)36-13-10-21-8-11-32(12-9-21)18-22-6-4-3-5-7-22/h3-7,14-15,19-21H,8-13,16-18H2,1-2H3/t19-,20-/m1/s1/i18D2. The zero-order valence-corrected chi connectivity index (χ0v) is 20.6. The Kier molecular flexibility index (Phi) is 7.48. The van der Waals surface area contributed by atoms with Gasteiger partial charge in [-0.05, 0) is 57.7 Å². The molecule has 0 N–H and O–H groups in total. The first kappa shape index (κ1) is 23.5. The van der Waals surface area contributed by atoms with Gasteiger partial charge in [0.2, 0.25) is 0 Å². The summed E-state index contributed by atoms with van der Waals surface area (Å²) in [5, 5.41) is 0. The highest BCUT2D eigenvalue weighted by atomic mass is 19.4. The molecular weight excluding hydrogens is 471 g/mol.